The van der Waals surface area contributed by atoms with Gasteiger partial charge in [-0.2, -0.15) is 0 Å². The van der Waals surface area contributed by atoms with Gasteiger partial charge in [0.25, 0.3) is 0 Å². The maximum Gasteiger partial charge on any atom is 0.338 e. The Hall–Kier alpha value is -1.33. The molecule has 0 heterocycles. The fraction of sp³-hybridized carbons (Fsp3) is 0.133. The van der Waals surface area contributed by atoms with Crippen molar-refractivity contribution in [2.24, 2.45) is 0 Å². The number of carbonyl (C=O) groups is 1. The monoisotopic (exact) mass is 397 g/mol. The Balaban J connectivity index is 2.29. The van der Waals surface area contributed by atoms with Crippen molar-refractivity contribution < 1.29 is 9.90 Å². The lowest BCUT2D eigenvalue weighted by molar-refractivity contribution is 0.0696. The van der Waals surface area contributed by atoms with Crippen LogP contribution in [0.3, 0.4) is 0 Å². The van der Waals surface area contributed by atoms with Crippen LogP contribution in [0.4, 0.5) is 5.69 Å². The predicted octanol–water partition coefficient (Wildman–Crippen LogP) is 4.55. The zero-order chi connectivity index (χ0) is 14.7. The average Bonchev–Trinajstić information content (AvgIpc) is 2.40. The SMILES string of the molecule is CN(Cc1ccc(Br)cc1)c1cccc(Br)c1C(=O)O. The summed E-state index contributed by atoms with van der Waals surface area (Å²) in [6, 6.07) is 13.4. The lowest BCUT2D eigenvalue weighted by Gasteiger charge is -2.22. The number of carboxylic acids is 1. The Kier molecular flexibility index (Phi) is 4.83. The zero-order valence-corrected chi connectivity index (χ0v) is 14.0. The highest BCUT2D eigenvalue weighted by atomic mass is 79.9. The molecule has 5 heteroatoms. The highest BCUT2D eigenvalue weighted by molar-refractivity contribution is 9.10. The van der Waals surface area contributed by atoms with Gasteiger partial charge in [-0.3, -0.25) is 0 Å². The van der Waals surface area contributed by atoms with Gasteiger partial charge in [-0.25, -0.2) is 4.79 Å². The van der Waals surface area contributed by atoms with E-state index in [1.54, 1.807) is 6.07 Å². The Bertz CT molecular complexity index is 626. The second-order valence-electron chi connectivity index (χ2n) is 4.42. The van der Waals surface area contributed by atoms with Crippen molar-refractivity contribution in [3.8, 4) is 0 Å². The van der Waals surface area contributed by atoms with Crippen molar-refractivity contribution in [1.82, 2.24) is 0 Å². The van der Waals surface area contributed by atoms with Crippen molar-refractivity contribution in [2.45, 2.75) is 6.54 Å². The van der Waals surface area contributed by atoms with Crippen molar-refractivity contribution in [1.29, 1.82) is 0 Å². The zero-order valence-electron chi connectivity index (χ0n) is 10.8. The molecule has 104 valence electrons. The van der Waals surface area contributed by atoms with Crippen molar-refractivity contribution >= 4 is 43.5 Å². The second-order valence-corrected chi connectivity index (χ2v) is 6.19. The first-order valence-corrected chi connectivity index (χ1v) is 7.55. The molecule has 0 amide bonds. The minimum Gasteiger partial charge on any atom is -0.478 e. The van der Waals surface area contributed by atoms with Crippen LogP contribution < -0.4 is 4.90 Å². The molecule has 0 aromatic heterocycles. The molecule has 2 aromatic rings. The van der Waals surface area contributed by atoms with Crippen molar-refractivity contribution in [3.63, 3.8) is 0 Å². The van der Waals surface area contributed by atoms with Gasteiger partial charge in [0.05, 0.1) is 11.3 Å². The van der Waals surface area contributed by atoms with Gasteiger partial charge in [0.2, 0.25) is 0 Å². The van der Waals surface area contributed by atoms with Crippen molar-refractivity contribution in [2.75, 3.05) is 11.9 Å². The number of hydrogen-bond acceptors (Lipinski definition) is 2. The summed E-state index contributed by atoms with van der Waals surface area (Å²) in [6.45, 7) is 0.643. The van der Waals surface area contributed by atoms with Crippen molar-refractivity contribution in [3.05, 3.63) is 62.5 Å². The van der Waals surface area contributed by atoms with Gasteiger partial charge < -0.3 is 10.0 Å². The van der Waals surface area contributed by atoms with E-state index in [0.717, 1.165) is 10.0 Å². The molecule has 0 radical (unpaired) electrons. The maximum absolute atomic E-state index is 11.4. The number of nitrogens with zero attached hydrogens (tertiary/aromatic N) is 1. The molecule has 0 atom stereocenters. The van der Waals surface area contributed by atoms with Gasteiger partial charge in [0, 0.05) is 22.5 Å². The van der Waals surface area contributed by atoms with Crippen LogP contribution in [-0.2, 0) is 6.54 Å². The second kappa shape index (κ2) is 6.41. The van der Waals surface area contributed by atoms with Crippen LogP contribution in [0, 0.1) is 0 Å². The molecule has 3 nitrogen and oxygen atoms in total. The van der Waals surface area contributed by atoms with E-state index in [-0.39, 0.29) is 5.56 Å². The first-order valence-electron chi connectivity index (χ1n) is 5.96. The molecule has 0 spiro atoms. The largest absolute Gasteiger partial charge is 0.478 e. The highest BCUT2D eigenvalue weighted by Crippen LogP contribution is 2.28. The molecular formula is C15H13Br2NO2. The van der Waals surface area contributed by atoms with Crippen LogP contribution in [0.5, 0.6) is 0 Å². The summed E-state index contributed by atoms with van der Waals surface area (Å²) in [5.41, 5.74) is 2.09. The van der Waals surface area contributed by atoms with Crippen LogP contribution >= 0.6 is 31.9 Å². The van der Waals surface area contributed by atoms with Gasteiger partial charge in [-0.1, -0.05) is 34.1 Å². The summed E-state index contributed by atoms with van der Waals surface area (Å²) in [5, 5.41) is 9.33. The van der Waals surface area contributed by atoms with E-state index < -0.39 is 5.97 Å². The molecule has 0 aliphatic rings. The third kappa shape index (κ3) is 3.41. The first-order chi connectivity index (χ1) is 9.49. The number of benzene rings is 2. The number of aromatic carboxylic acids is 1. The van der Waals surface area contributed by atoms with E-state index in [1.165, 1.54) is 0 Å². The Morgan fingerprint density at radius 3 is 2.40 bits per heavy atom. The van der Waals surface area contributed by atoms with E-state index in [1.807, 2.05) is 48.3 Å². The predicted molar refractivity (Wildman–Crippen MR) is 87.4 cm³/mol. The highest BCUT2D eigenvalue weighted by Gasteiger charge is 2.16. The number of hydrogen-bond donors (Lipinski definition) is 1. The van der Waals surface area contributed by atoms with Gasteiger partial charge in [0.15, 0.2) is 0 Å². The third-order valence-corrected chi connectivity index (χ3v) is 4.14. The molecule has 2 aromatic carbocycles. The Morgan fingerprint density at radius 2 is 1.80 bits per heavy atom. The van der Waals surface area contributed by atoms with E-state index in [9.17, 15) is 9.90 Å². The number of anilines is 1. The van der Waals surface area contributed by atoms with Gasteiger partial charge in [-0.05, 0) is 45.8 Å². The first kappa shape index (κ1) is 15.1. The third-order valence-electron chi connectivity index (χ3n) is 2.95. The van der Waals surface area contributed by atoms with E-state index in [0.29, 0.717) is 16.7 Å². The summed E-state index contributed by atoms with van der Waals surface area (Å²) in [4.78, 5) is 13.3. The smallest absolute Gasteiger partial charge is 0.338 e. The molecule has 20 heavy (non-hydrogen) atoms. The molecule has 0 saturated heterocycles. The molecular weight excluding hydrogens is 386 g/mol. The van der Waals surface area contributed by atoms with Crippen LogP contribution in [-0.4, -0.2) is 18.1 Å². The van der Waals surface area contributed by atoms with Crippen LogP contribution in [0.1, 0.15) is 15.9 Å². The summed E-state index contributed by atoms with van der Waals surface area (Å²) >= 11 is 6.70. The number of halogens is 2. The lowest BCUT2D eigenvalue weighted by atomic mass is 10.1. The van der Waals surface area contributed by atoms with Gasteiger partial charge >= 0.3 is 5.97 Å². The van der Waals surface area contributed by atoms with Crippen LogP contribution in [0.15, 0.2) is 51.4 Å². The summed E-state index contributed by atoms with van der Waals surface area (Å²) in [5.74, 6) is -0.935. The Labute approximate surface area is 134 Å². The normalized spacial score (nSPS) is 10.3. The molecule has 0 aliphatic heterocycles. The topological polar surface area (TPSA) is 40.5 Å². The molecule has 2 rings (SSSR count). The lowest BCUT2D eigenvalue weighted by Crippen LogP contribution is -2.19. The summed E-state index contributed by atoms with van der Waals surface area (Å²) in [7, 11) is 1.89. The summed E-state index contributed by atoms with van der Waals surface area (Å²) < 4.78 is 1.61. The van der Waals surface area contributed by atoms with E-state index in [2.05, 4.69) is 31.9 Å². The van der Waals surface area contributed by atoms with Crippen LogP contribution in [0.25, 0.3) is 0 Å². The summed E-state index contributed by atoms with van der Waals surface area (Å²) in [6.07, 6.45) is 0. The fourth-order valence-electron chi connectivity index (χ4n) is 1.99. The quantitative estimate of drug-likeness (QED) is 0.821. The van der Waals surface area contributed by atoms with Gasteiger partial charge in [-0.15, -0.1) is 0 Å². The number of carboxylic acid groups (broad SMARTS) is 1. The minimum atomic E-state index is -0.935. The molecule has 1 N–H and O–H groups in total. The standard InChI is InChI=1S/C15H13Br2NO2/c1-18(9-10-5-7-11(16)8-6-10)13-4-2-3-12(17)14(13)15(19)20/h2-8H,9H2,1H3,(H,19,20). The van der Waals surface area contributed by atoms with E-state index in [4.69, 9.17) is 0 Å². The molecule has 0 saturated carbocycles. The average molecular weight is 399 g/mol. The van der Waals surface area contributed by atoms with Crippen LogP contribution in [0.2, 0.25) is 0 Å². The Morgan fingerprint density at radius 1 is 1.15 bits per heavy atom. The molecule has 0 bridgehead atoms. The van der Waals surface area contributed by atoms with Gasteiger partial charge in [0.1, 0.15) is 0 Å². The fourth-order valence-corrected chi connectivity index (χ4v) is 2.78. The number of rotatable bonds is 4. The maximum atomic E-state index is 11.4. The molecule has 0 unspecified atom stereocenters. The van der Waals surface area contributed by atoms with E-state index >= 15 is 0 Å². The molecule has 0 fully saturated rings. The minimum absolute atomic E-state index is 0.284. The molecule has 0 aliphatic carbocycles.